The number of amides is 1. The summed E-state index contributed by atoms with van der Waals surface area (Å²) in [5.41, 5.74) is 3.09. The van der Waals surface area contributed by atoms with Crippen LogP contribution in [0.3, 0.4) is 0 Å². The summed E-state index contributed by atoms with van der Waals surface area (Å²) in [6, 6.07) is 18.0. The lowest BCUT2D eigenvalue weighted by Crippen LogP contribution is -2.14. The van der Waals surface area contributed by atoms with Crippen LogP contribution in [0.2, 0.25) is 0 Å². The fourth-order valence-electron chi connectivity index (χ4n) is 2.19. The first-order valence-electron chi connectivity index (χ1n) is 7.28. The molecule has 23 heavy (non-hydrogen) atoms. The Morgan fingerprint density at radius 1 is 1.09 bits per heavy atom. The van der Waals surface area contributed by atoms with Crippen LogP contribution in [0, 0.1) is 0 Å². The average Bonchev–Trinajstić information content (AvgIpc) is 3.00. The number of hydrogen-bond donors (Lipinski definition) is 1. The minimum Gasteiger partial charge on any atom is -0.329 e. The zero-order chi connectivity index (χ0) is 16.1. The quantitative estimate of drug-likeness (QED) is 0.726. The van der Waals surface area contributed by atoms with Gasteiger partial charge in [-0.25, -0.2) is 4.98 Å². The predicted molar refractivity (Wildman–Crippen MR) is 94.4 cm³/mol. The Labute approximate surface area is 139 Å². The third-order valence-corrected chi connectivity index (χ3v) is 4.44. The van der Waals surface area contributed by atoms with E-state index in [1.807, 2.05) is 60.3 Å². The number of nitrogens with zero attached hydrogens (tertiary/aromatic N) is 2. The van der Waals surface area contributed by atoms with Crippen LogP contribution in [-0.2, 0) is 11.8 Å². The van der Waals surface area contributed by atoms with E-state index in [0.717, 1.165) is 22.0 Å². The molecule has 0 spiro atoms. The van der Waals surface area contributed by atoms with Crippen molar-refractivity contribution in [2.75, 3.05) is 11.1 Å². The molecular formula is C18H17N3OS. The fourth-order valence-corrected chi connectivity index (χ4v) is 2.93. The smallest absolute Gasteiger partial charge is 0.234 e. The van der Waals surface area contributed by atoms with Gasteiger partial charge in [0.25, 0.3) is 0 Å². The fraction of sp³-hybridized carbons (Fsp3) is 0.111. The number of benzene rings is 2. The highest BCUT2D eigenvalue weighted by molar-refractivity contribution is 7.99. The average molecular weight is 323 g/mol. The Kier molecular flexibility index (Phi) is 4.78. The lowest BCUT2D eigenvalue weighted by Gasteiger charge is -2.07. The van der Waals surface area contributed by atoms with Crippen molar-refractivity contribution in [3.05, 3.63) is 67.0 Å². The number of thioether (sulfide) groups is 1. The van der Waals surface area contributed by atoms with E-state index in [9.17, 15) is 4.79 Å². The Morgan fingerprint density at radius 2 is 1.78 bits per heavy atom. The molecule has 0 atom stereocenters. The van der Waals surface area contributed by atoms with Crippen LogP contribution in [-0.4, -0.2) is 21.2 Å². The summed E-state index contributed by atoms with van der Waals surface area (Å²) >= 11 is 1.42. The van der Waals surface area contributed by atoms with Crippen LogP contribution in [0.15, 0.2) is 72.1 Å². The first kappa shape index (κ1) is 15.4. The number of carbonyl (C=O) groups excluding carboxylic acids is 1. The van der Waals surface area contributed by atoms with Crippen LogP contribution >= 0.6 is 11.8 Å². The van der Waals surface area contributed by atoms with Gasteiger partial charge >= 0.3 is 0 Å². The number of rotatable bonds is 5. The molecule has 0 aliphatic rings. The molecular weight excluding hydrogens is 306 g/mol. The molecule has 4 nitrogen and oxygen atoms in total. The second kappa shape index (κ2) is 7.15. The summed E-state index contributed by atoms with van der Waals surface area (Å²) in [6.45, 7) is 0. The summed E-state index contributed by atoms with van der Waals surface area (Å²) in [4.78, 5) is 16.2. The summed E-state index contributed by atoms with van der Waals surface area (Å²) in [7, 11) is 1.91. The van der Waals surface area contributed by atoms with E-state index in [4.69, 9.17) is 0 Å². The van der Waals surface area contributed by atoms with Gasteiger partial charge in [-0.15, -0.1) is 0 Å². The third kappa shape index (κ3) is 4.02. The molecule has 1 heterocycles. The minimum atomic E-state index is -0.0366. The lowest BCUT2D eigenvalue weighted by molar-refractivity contribution is -0.113. The van der Waals surface area contributed by atoms with Gasteiger partial charge in [0, 0.05) is 25.1 Å². The van der Waals surface area contributed by atoms with Gasteiger partial charge in [0.1, 0.15) is 0 Å². The molecule has 1 aromatic heterocycles. The third-order valence-electron chi connectivity index (χ3n) is 3.39. The largest absolute Gasteiger partial charge is 0.329 e. The molecule has 0 unspecified atom stereocenters. The normalized spacial score (nSPS) is 10.5. The molecule has 3 aromatic rings. The van der Waals surface area contributed by atoms with Crippen LogP contribution < -0.4 is 5.32 Å². The monoisotopic (exact) mass is 323 g/mol. The van der Waals surface area contributed by atoms with Gasteiger partial charge in [0.2, 0.25) is 5.91 Å². The number of aryl methyl sites for hydroxylation is 1. The number of imidazole rings is 1. The molecule has 2 aromatic carbocycles. The van der Waals surface area contributed by atoms with Crippen molar-refractivity contribution >= 4 is 23.4 Å². The second-order valence-corrected chi connectivity index (χ2v) is 6.04. The van der Waals surface area contributed by atoms with Crippen molar-refractivity contribution in [1.29, 1.82) is 0 Å². The molecule has 0 bridgehead atoms. The van der Waals surface area contributed by atoms with Gasteiger partial charge in [-0.2, -0.15) is 0 Å². The number of hydrogen-bond acceptors (Lipinski definition) is 3. The summed E-state index contributed by atoms with van der Waals surface area (Å²) < 4.78 is 1.90. The van der Waals surface area contributed by atoms with E-state index in [1.54, 1.807) is 6.20 Å². The van der Waals surface area contributed by atoms with Gasteiger partial charge in [-0.05, 0) is 23.3 Å². The molecule has 1 N–H and O–H groups in total. The van der Waals surface area contributed by atoms with Gasteiger partial charge in [-0.3, -0.25) is 4.79 Å². The molecule has 3 rings (SSSR count). The first-order chi connectivity index (χ1) is 11.2. The van der Waals surface area contributed by atoms with Gasteiger partial charge in [0.15, 0.2) is 5.16 Å². The molecule has 0 aliphatic heterocycles. The van der Waals surface area contributed by atoms with Crippen molar-refractivity contribution in [2.45, 2.75) is 5.16 Å². The zero-order valence-electron chi connectivity index (χ0n) is 12.8. The van der Waals surface area contributed by atoms with Crippen molar-refractivity contribution in [3.63, 3.8) is 0 Å². The summed E-state index contributed by atoms with van der Waals surface area (Å²) in [5, 5.41) is 3.74. The lowest BCUT2D eigenvalue weighted by atomic mass is 10.1. The molecule has 5 heteroatoms. The van der Waals surface area contributed by atoms with Gasteiger partial charge in [0.05, 0.1) is 5.75 Å². The Balaban J connectivity index is 1.58. The maximum Gasteiger partial charge on any atom is 0.234 e. The number of aromatic nitrogens is 2. The Hall–Kier alpha value is -2.53. The molecule has 0 radical (unpaired) electrons. The number of carbonyl (C=O) groups is 1. The Bertz CT molecular complexity index is 782. The summed E-state index contributed by atoms with van der Waals surface area (Å²) in [5.74, 6) is 0.302. The number of anilines is 1. The first-order valence-corrected chi connectivity index (χ1v) is 8.26. The summed E-state index contributed by atoms with van der Waals surface area (Å²) in [6.07, 6.45) is 3.59. The van der Waals surface area contributed by atoms with E-state index in [1.165, 1.54) is 11.8 Å². The van der Waals surface area contributed by atoms with Crippen LogP contribution in [0.5, 0.6) is 0 Å². The molecule has 116 valence electrons. The highest BCUT2D eigenvalue weighted by Crippen LogP contribution is 2.21. The minimum absolute atomic E-state index is 0.0366. The number of nitrogens with one attached hydrogen (secondary N) is 1. The van der Waals surface area contributed by atoms with E-state index < -0.39 is 0 Å². The molecule has 1 amide bonds. The van der Waals surface area contributed by atoms with E-state index in [2.05, 4.69) is 22.4 Å². The maximum atomic E-state index is 12.0. The van der Waals surface area contributed by atoms with Crippen LogP contribution in [0.1, 0.15) is 0 Å². The SMILES string of the molecule is Cn1ccnc1SCC(=O)Nc1ccc(-c2ccccc2)cc1. The maximum absolute atomic E-state index is 12.0. The second-order valence-electron chi connectivity index (χ2n) is 5.10. The molecule has 0 aliphatic carbocycles. The van der Waals surface area contributed by atoms with Crippen LogP contribution in [0.25, 0.3) is 11.1 Å². The van der Waals surface area contributed by atoms with Crippen molar-refractivity contribution in [1.82, 2.24) is 9.55 Å². The molecule has 0 saturated heterocycles. The Morgan fingerprint density at radius 3 is 2.43 bits per heavy atom. The van der Waals surface area contributed by atoms with Crippen molar-refractivity contribution in [2.24, 2.45) is 7.05 Å². The predicted octanol–water partition coefficient (Wildman–Crippen LogP) is 3.82. The van der Waals surface area contributed by atoms with E-state index >= 15 is 0 Å². The van der Waals surface area contributed by atoms with Crippen molar-refractivity contribution in [3.8, 4) is 11.1 Å². The van der Waals surface area contributed by atoms with Gasteiger partial charge in [-0.1, -0.05) is 54.2 Å². The van der Waals surface area contributed by atoms with Crippen molar-refractivity contribution < 1.29 is 4.79 Å². The van der Waals surface area contributed by atoms with E-state index in [-0.39, 0.29) is 5.91 Å². The standard InChI is InChI=1S/C18H17N3OS/c1-21-12-11-19-18(21)23-13-17(22)20-16-9-7-15(8-10-16)14-5-3-2-4-6-14/h2-12H,13H2,1H3,(H,20,22). The van der Waals surface area contributed by atoms with Crippen LogP contribution in [0.4, 0.5) is 5.69 Å². The van der Waals surface area contributed by atoms with Gasteiger partial charge < -0.3 is 9.88 Å². The highest BCUT2D eigenvalue weighted by Gasteiger charge is 2.06. The highest BCUT2D eigenvalue weighted by atomic mass is 32.2. The topological polar surface area (TPSA) is 46.9 Å². The molecule has 0 saturated carbocycles. The molecule has 0 fully saturated rings. The zero-order valence-corrected chi connectivity index (χ0v) is 13.6. The van der Waals surface area contributed by atoms with E-state index in [0.29, 0.717) is 5.75 Å².